The Kier molecular flexibility index (Phi) is 7.76. The fourth-order valence-corrected chi connectivity index (χ4v) is 4.22. The average Bonchev–Trinajstić information content (AvgIpc) is 3.62. The van der Waals surface area contributed by atoms with E-state index < -0.39 is 0 Å². The second-order valence-electron chi connectivity index (χ2n) is 8.75. The van der Waals surface area contributed by atoms with Crippen molar-refractivity contribution in [3.63, 3.8) is 0 Å². The Hall–Kier alpha value is -2.44. The van der Waals surface area contributed by atoms with Crippen molar-refractivity contribution in [3.05, 3.63) is 71.0 Å². The smallest absolute Gasteiger partial charge is 0.191 e. The maximum absolute atomic E-state index is 14.3. The van der Waals surface area contributed by atoms with E-state index in [1.54, 1.807) is 12.1 Å². The molecule has 172 valence electrons. The van der Waals surface area contributed by atoms with E-state index in [0.717, 1.165) is 62.5 Å². The highest BCUT2D eigenvalue weighted by Gasteiger charge is 2.45. The Morgan fingerprint density at radius 3 is 2.62 bits per heavy atom. The number of guanidine groups is 1. The minimum absolute atomic E-state index is 0.117. The Labute approximate surface area is 190 Å². The molecule has 1 saturated carbocycles. The summed E-state index contributed by atoms with van der Waals surface area (Å²) in [6.45, 7) is 6.28. The van der Waals surface area contributed by atoms with Gasteiger partial charge in [-0.15, -0.1) is 0 Å². The van der Waals surface area contributed by atoms with Gasteiger partial charge in [0.05, 0.1) is 19.3 Å². The van der Waals surface area contributed by atoms with Crippen LogP contribution in [0.3, 0.4) is 0 Å². The number of halogens is 1. The number of rotatable bonds is 9. The lowest BCUT2D eigenvalue weighted by Gasteiger charge is -2.22. The van der Waals surface area contributed by atoms with Gasteiger partial charge in [0.1, 0.15) is 5.82 Å². The lowest BCUT2D eigenvalue weighted by atomic mass is 9.95. The summed E-state index contributed by atoms with van der Waals surface area (Å²) in [5.41, 5.74) is 2.99. The molecule has 0 amide bonds. The van der Waals surface area contributed by atoms with E-state index in [0.29, 0.717) is 25.8 Å². The molecule has 1 aliphatic carbocycles. The van der Waals surface area contributed by atoms with Gasteiger partial charge in [0, 0.05) is 31.7 Å². The van der Waals surface area contributed by atoms with Crippen molar-refractivity contribution in [2.75, 3.05) is 26.3 Å². The Balaban J connectivity index is 1.33. The van der Waals surface area contributed by atoms with Gasteiger partial charge in [-0.25, -0.2) is 9.38 Å². The molecule has 2 aromatic rings. The number of nitrogens with zero attached hydrogens (tertiary/aromatic N) is 1. The Morgan fingerprint density at radius 1 is 1.09 bits per heavy atom. The summed E-state index contributed by atoms with van der Waals surface area (Å²) in [4.78, 5) is 4.77. The van der Waals surface area contributed by atoms with Gasteiger partial charge in [-0.05, 0) is 55.4 Å². The molecule has 4 rings (SSSR count). The quantitative estimate of drug-likeness (QED) is 0.452. The topological polar surface area (TPSA) is 54.9 Å². The van der Waals surface area contributed by atoms with E-state index in [-0.39, 0.29) is 11.2 Å². The molecular formula is C26H34FN3O2. The number of aliphatic imine (C=N–C) groups is 1. The normalized spacial score (nSPS) is 18.4. The van der Waals surface area contributed by atoms with Gasteiger partial charge >= 0.3 is 0 Å². The summed E-state index contributed by atoms with van der Waals surface area (Å²) < 4.78 is 25.7. The monoisotopic (exact) mass is 439 g/mol. The SMILES string of the molecule is CCNC(=NCc1cccc(COC2CCOCC2)c1)NCC1(c2ccccc2F)CC1. The first-order valence-corrected chi connectivity index (χ1v) is 11.7. The highest BCUT2D eigenvalue weighted by Crippen LogP contribution is 2.48. The molecule has 0 bridgehead atoms. The van der Waals surface area contributed by atoms with E-state index in [4.69, 9.17) is 14.5 Å². The molecule has 0 spiro atoms. The zero-order chi connectivity index (χ0) is 22.2. The van der Waals surface area contributed by atoms with Crippen molar-refractivity contribution in [2.24, 2.45) is 4.99 Å². The molecule has 0 unspecified atom stereocenters. The second kappa shape index (κ2) is 10.9. The molecular weight excluding hydrogens is 405 g/mol. The van der Waals surface area contributed by atoms with E-state index >= 15 is 0 Å². The summed E-state index contributed by atoms with van der Waals surface area (Å²) in [6, 6.07) is 15.5. The van der Waals surface area contributed by atoms with Crippen LogP contribution in [-0.2, 0) is 28.0 Å². The van der Waals surface area contributed by atoms with Crippen molar-refractivity contribution in [1.29, 1.82) is 0 Å². The third-order valence-corrected chi connectivity index (χ3v) is 6.30. The molecule has 1 heterocycles. The lowest BCUT2D eigenvalue weighted by Crippen LogP contribution is -2.41. The van der Waals surface area contributed by atoms with Crippen molar-refractivity contribution >= 4 is 5.96 Å². The molecule has 0 atom stereocenters. The second-order valence-corrected chi connectivity index (χ2v) is 8.75. The van der Waals surface area contributed by atoms with Crippen molar-refractivity contribution < 1.29 is 13.9 Å². The summed E-state index contributed by atoms with van der Waals surface area (Å²) in [6.07, 6.45) is 4.22. The third-order valence-electron chi connectivity index (χ3n) is 6.30. The van der Waals surface area contributed by atoms with Gasteiger partial charge in [-0.2, -0.15) is 0 Å². The molecule has 1 saturated heterocycles. The molecule has 6 heteroatoms. The highest BCUT2D eigenvalue weighted by molar-refractivity contribution is 5.80. The van der Waals surface area contributed by atoms with Crippen LogP contribution in [-0.4, -0.2) is 38.4 Å². The largest absolute Gasteiger partial charge is 0.381 e. The number of hydrogen-bond donors (Lipinski definition) is 2. The summed E-state index contributed by atoms with van der Waals surface area (Å²) in [7, 11) is 0. The Bertz CT molecular complexity index is 907. The number of hydrogen-bond acceptors (Lipinski definition) is 3. The molecule has 1 aliphatic heterocycles. The predicted molar refractivity (Wildman–Crippen MR) is 125 cm³/mol. The van der Waals surface area contributed by atoms with E-state index in [1.165, 1.54) is 5.56 Å². The zero-order valence-corrected chi connectivity index (χ0v) is 18.9. The highest BCUT2D eigenvalue weighted by atomic mass is 19.1. The van der Waals surface area contributed by atoms with Crippen LogP contribution in [0.2, 0.25) is 0 Å². The summed E-state index contributed by atoms with van der Waals surface area (Å²) in [5, 5.41) is 6.75. The standard InChI is InChI=1S/C26H34FN3O2/c1-2-28-25(30-19-26(12-13-26)23-8-3-4-9-24(23)27)29-17-20-6-5-7-21(16-20)18-32-22-10-14-31-15-11-22/h3-9,16,22H,2,10-15,17-19H2,1H3,(H2,28,29,30). The van der Waals surface area contributed by atoms with Crippen LogP contribution in [0.25, 0.3) is 0 Å². The minimum atomic E-state index is -0.122. The van der Waals surface area contributed by atoms with Gasteiger partial charge < -0.3 is 20.1 Å². The van der Waals surface area contributed by atoms with Gasteiger partial charge in [0.2, 0.25) is 0 Å². The number of ether oxygens (including phenoxy) is 2. The maximum atomic E-state index is 14.3. The fourth-order valence-electron chi connectivity index (χ4n) is 4.22. The minimum Gasteiger partial charge on any atom is -0.381 e. The first kappa shape index (κ1) is 22.7. The molecule has 2 aromatic carbocycles. The lowest BCUT2D eigenvalue weighted by molar-refractivity contribution is -0.0390. The van der Waals surface area contributed by atoms with Crippen molar-refractivity contribution in [3.8, 4) is 0 Å². The fraction of sp³-hybridized carbons (Fsp3) is 0.500. The molecule has 5 nitrogen and oxygen atoms in total. The van der Waals surface area contributed by atoms with Crippen LogP contribution in [0.4, 0.5) is 4.39 Å². The van der Waals surface area contributed by atoms with Gasteiger partial charge in [0.25, 0.3) is 0 Å². The van der Waals surface area contributed by atoms with Gasteiger partial charge in [-0.3, -0.25) is 0 Å². The molecule has 0 aromatic heterocycles. The van der Waals surface area contributed by atoms with Crippen LogP contribution in [0.1, 0.15) is 49.3 Å². The molecule has 0 radical (unpaired) electrons. The molecule has 2 aliphatic rings. The summed E-state index contributed by atoms with van der Waals surface area (Å²) >= 11 is 0. The Morgan fingerprint density at radius 2 is 1.88 bits per heavy atom. The predicted octanol–water partition coefficient (Wildman–Crippen LogP) is 4.31. The van der Waals surface area contributed by atoms with Crippen LogP contribution < -0.4 is 10.6 Å². The number of nitrogens with one attached hydrogen (secondary N) is 2. The van der Waals surface area contributed by atoms with Crippen LogP contribution >= 0.6 is 0 Å². The van der Waals surface area contributed by atoms with E-state index in [2.05, 4.69) is 41.8 Å². The first-order valence-electron chi connectivity index (χ1n) is 11.7. The van der Waals surface area contributed by atoms with Crippen LogP contribution in [0, 0.1) is 5.82 Å². The van der Waals surface area contributed by atoms with E-state index in [1.807, 2.05) is 12.1 Å². The van der Waals surface area contributed by atoms with E-state index in [9.17, 15) is 4.39 Å². The van der Waals surface area contributed by atoms with Crippen LogP contribution in [0.5, 0.6) is 0 Å². The van der Waals surface area contributed by atoms with Crippen molar-refractivity contribution in [2.45, 2.75) is 57.3 Å². The summed E-state index contributed by atoms with van der Waals surface area (Å²) in [5.74, 6) is 0.646. The molecule has 32 heavy (non-hydrogen) atoms. The first-order chi connectivity index (χ1) is 15.7. The van der Waals surface area contributed by atoms with Gasteiger partial charge in [-0.1, -0.05) is 42.5 Å². The van der Waals surface area contributed by atoms with Gasteiger partial charge in [0.15, 0.2) is 5.96 Å². The number of benzene rings is 2. The van der Waals surface area contributed by atoms with Crippen molar-refractivity contribution in [1.82, 2.24) is 10.6 Å². The average molecular weight is 440 g/mol. The molecule has 2 fully saturated rings. The zero-order valence-electron chi connectivity index (χ0n) is 18.9. The maximum Gasteiger partial charge on any atom is 0.191 e. The van der Waals surface area contributed by atoms with Crippen LogP contribution in [0.15, 0.2) is 53.5 Å². The molecule has 2 N–H and O–H groups in total. The third kappa shape index (κ3) is 6.08.